The predicted octanol–water partition coefficient (Wildman–Crippen LogP) is 1.49. The van der Waals surface area contributed by atoms with Crippen molar-refractivity contribution in [2.75, 3.05) is 13.1 Å². The summed E-state index contributed by atoms with van der Waals surface area (Å²) in [6.45, 7) is 2.88. The van der Waals surface area contributed by atoms with E-state index < -0.39 is 0 Å². The molecule has 0 N–H and O–H groups in total. The standard InChI is InChI=1S/C11H14ClN3O/c12-11-4-1-8(13-14-11)5-15-6-9-2-3-10(7-15)16-9/h1,4,9-10H,2-3,5-7H2. The SMILES string of the molecule is Clc1ccc(CN2CC3CCC(C2)O3)nn1. The fraction of sp³-hybridized carbons (Fsp3) is 0.636. The van der Waals surface area contributed by atoms with Crippen LogP contribution in [0.15, 0.2) is 12.1 Å². The van der Waals surface area contributed by atoms with Gasteiger partial charge in [0.2, 0.25) is 0 Å². The van der Waals surface area contributed by atoms with Gasteiger partial charge in [0.15, 0.2) is 5.15 Å². The summed E-state index contributed by atoms with van der Waals surface area (Å²) in [5.74, 6) is 0. The minimum Gasteiger partial charge on any atom is -0.372 e. The Kier molecular flexibility index (Phi) is 2.79. The molecule has 1 aromatic rings. The summed E-state index contributed by atoms with van der Waals surface area (Å²) in [6.07, 6.45) is 3.26. The number of likely N-dealkylation sites (tertiary alicyclic amines) is 1. The minimum atomic E-state index is 0.430. The predicted molar refractivity (Wildman–Crippen MR) is 60.2 cm³/mol. The highest BCUT2D eigenvalue weighted by Crippen LogP contribution is 2.26. The summed E-state index contributed by atoms with van der Waals surface area (Å²) in [4.78, 5) is 2.39. The highest BCUT2D eigenvalue weighted by molar-refractivity contribution is 6.29. The molecular formula is C11H14ClN3O. The Bertz CT molecular complexity index is 358. The molecule has 86 valence electrons. The number of hydrogen-bond acceptors (Lipinski definition) is 4. The van der Waals surface area contributed by atoms with Crippen LogP contribution in [-0.2, 0) is 11.3 Å². The smallest absolute Gasteiger partial charge is 0.151 e. The molecule has 5 heteroatoms. The summed E-state index contributed by atoms with van der Waals surface area (Å²) in [5.41, 5.74) is 0.978. The summed E-state index contributed by atoms with van der Waals surface area (Å²) in [6, 6.07) is 3.73. The van der Waals surface area contributed by atoms with Crippen molar-refractivity contribution in [1.29, 1.82) is 0 Å². The first-order valence-electron chi connectivity index (χ1n) is 5.65. The largest absolute Gasteiger partial charge is 0.372 e. The molecule has 1 aromatic heterocycles. The lowest BCUT2D eigenvalue weighted by Gasteiger charge is -2.31. The van der Waals surface area contributed by atoms with Crippen molar-refractivity contribution >= 4 is 11.6 Å². The molecule has 2 unspecified atom stereocenters. The first kappa shape index (κ1) is 10.4. The molecule has 0 spiro atoms. The maximum Gasteiger partial charge on any atom is 0.151 e. The Morgan fingerprint density at radius 3 is 2.62 bits per heavy atom. The van der Waals surface area contributed by atoms with Crippen LogP contribution in [-0.4, -0.2) is 40.4 Å². The van der Waals surface area contributed by atoms with Gasteiger partial charge in [-0.15, -0.1) is 5.10 Å². The summed E-state index contributed by atoms with van der Waals surface area (Å²) in [7, 11) is 0. The molecule has 0 aliphatic carbocycles. The van der Waals surface area contributed by atoms with Crippen LogP contribution >= 0.6 is 11.6 Å². The summed E-state index contributed by atoms with van der Waals surface area (Å²) >= 11 is 5.70. The van der Waals surface area contributed by atoms with Crippen LogP contribution < -0.4 is 0 Å². The van der Waals surface area contributed by atoms with E-state index in [1.54, 1.807) is 6.07 Å². The van der Waals surface area contributed by atoms with Crippen LogP contribution in [0, 0.1) is 0 Å². The van der Waals surface area contributed by atoms with Crippen LogP contribution in [0.4, 0.5) is 0 Å². The van der Waals surface area contributed by atoms with E-state index in [1.165, 1.54) is 12.8 Å². The van der Waals surface area contributed by atoms with Gasteiger partial charge in [-0.1, -0.05) is 11.6 Å². The fourth-order valence-electron chi connectivity index (χ4n) is 2.49. The van der Waals surface area contributed by atoms with Gasteiger partial charge >= 0.3 is 0 Å². The highest BCUT2D eigenvalue weighted by Gasteiger charge is 2.33. The van der Waals surface area contributed by atoms with E-state index in [0.29, 0.717) is 17.4 Å². The Labute approximate surface area is 99.6 Å². The zero-order chi connectivity index (χ0) is 11.0. The van der Waals surface area contributed by atoms with Gasteiger partial charge in [0, 0.05) is 19.6 Å². The Morgan fingerprint density at radius 2 is 2.00 bits per heavy atom. The molecule has 2 bridgehead atoms. The second kappa shape index (κ2) is 4.28. The van der Waals surface area contributed by atoms with Crippen LogP contribution in [0.25, 0.3) is 0 Å². The first-order chi connectivity index (χ1) is 7.79. The van der Waals surface area contributed by atoms with Crippen molar-refractivity contribution in [2.24, 2.45) is 0 Å². The molecule has 3 heterocycles. The monoisotopic (exact) mass is 239 g/mol. The van der Waals surface area contributed by atoms with Crippen LogP contribution in [0.5, 0.6) is 0 Å². The van der Waals surface area contributed by atoms with Crippen LogP contribution in [0.2, 0.25) is 5.15 Å². The van der Waals surface area contributed by atoms with Crippen molar-refractivity contribution < 1.29 is 4.74 Å². The topological polar surface area (TPSA) is 38.2 Å². The molecule has 2 fully saturated rings. The van der Waals surface area contributed by atoms with Crippen molar-refractivity contribution in [3.63, 3.8) is 0 Å². The third-order valence-corrected chi connectivity index (χ3v) is 3.39. The van der Waals surface area contributed by atoms with E-state index in [4.69, 9.17) is 16.3 Å². The van der Waals surface area contributed by atoms with Crippen LogP contribution in [0.1, 0.15) is 18.5 Å². The molecule has 2 atom stereocenters. The summed E-state index contributed by atoms with van der Waals surface area (Å²) < 4.78 is 5.79. The number of fused-ring (bicyclic) bond motifs is 2. The molecule has 0 amide bonds. The van der Waals surface area contributed by atoms with E-state index in [9.17, 15) is 0 Å². The Balaban J connectivity index is 1.64. The van der Waals surface area contributed by atoms with E-state index >= 15 is 0 Å². The number of rotatable bonds is 2. The second-order valence-electron chi connectivity index (χ2n) is 4.50. The van der Waals surface area contributed by atoms with E-state index in [-0.39, 0.29) is 0 Å². The molecule has 3 rings (SSSR count). The zero-order valence-electron chi connectivity index (χ0n) is 8.97. The molecule has 2 saturated heterocycles. The molecular weight excluding hydrogens is 226 g/mol. The molecule has 0 aromatic carbocycles. The third-order valence-electron chi connectivity index (χ3n) is 3.19. The van der Waals surface area contributed by atoms with Crippen molar-refractivity contribution in [3.8, 4) is 0 Å². The molecule has 2 aliphatic rings. The molecule has 2 aliphatic heterocycles. The fourth-order valence-corrected chi connectivity index (χ4v) is 2.59. The maximum atomic E-state index is 5.79. The normalized spacial score (nSPS) is 29.6. The van der Waals surface area contributed by atoms with Gasteiger partial charge in [-0.3, -0.25) is 4.90 Å². The second-order valence-corrected chi connectivity index (χ2v) is 4.89. The van der Waals surface area contributed by atoms with Gasteiger partial charge in [-0.25, -0.2) is 0 Å². The highest BCUT2D eigenvalue weighted by atomic mass is 35.5. The third kappa shape index (κ3) is 2.19. The molecule has 4 nitrogen and oxygen atoms in total. The average molecular weight is 240 g/mol. The lowest BCUT2D eigenvalue weighted by atomic mass is 10.2. The molecule has 0 radical (unpaired) electrons. The Morgan fingerprint density at radius 1 is 1.25 bits per heavy atom. The van der Waals surface area contributed by atoms with Gasteiger partial charge < -0.3 is 4.74 Å². The van der Waals surface area contributed by atoms with E-state index in [2.05, 4.69) is 15.1 Å². The lowest BCUT2D eigenvalue weighted by Crippen LogP contribution is -2.42. The van der Waals surface area contributed by atoms with Gasteiger partial charge in [-0.05, 0) is 25.0 Å². The maximum absolute atomic E-state index is 5.79. The van der Waals surface area contributed by atoms with Gasteiger partial charge in [0.25, 0.3) is 0 Å². The van der Waals surface area contributed by atoms with Gasteiger partial charge in [0.05, 0.1) is 17.9 Å². The number of ether oxygens (including phenoxy) is 1. The van der Waals surface area contributed by atoms with Crippen LogP contribution in [0.3, 0.4) is 0 Å². The average Bonchev–Trinajstić information content (AvgIpc) is 2.62. The lowest BCUT2D eigenvalue weighted by molar-refractivity contribution is -0.0414. The van der Waals surface area contributed by atoms with Gasteiger partial charge in [0.1, 0.15) is 0 Å². The van der Waals surface area contributed by atoms with Gasteiger partial charge in [-0.2, -0.15) is 5.10 Å². The number of hydrogen-bond donors (Lipinski definition) is 0. The van der Waals surface area contributed by atoms with E-state index in [0.717, 1.165) is 25.3 Å². The van der Waals surface area contributed by atoms with E-state index in [1.807, 2.05) is 6.07 Å². The number of nitrogens with zero attached hydrogens (tertiary/aromatic N) is 3. The molecule has 16 heavy (non-hydrogen) atoms. The van der Waals surface area contributed by atoms with Crippen molar-refractivity contribution in [3.05, 3.63) is 23.0 Å². The zero-order valence-corrected chi connectivity index (χ0v) is 9.73. The van der Waals surface area contributed by atoms with Crippen molar-refractivity contribution in [2.45, 2.75) is 31.6 Å². The Hall–Kier alpha value is -0.710. The summed E-state index contributed by atoms with van der Waals surface area (Å²) in [5, 5.41) is 8.38. The quantitative estimate of drug-likeness (QED) is 0.784. The van der Waals surface area contributed by atoms with Crippen molar-refractivity contribution in [1.82, 2.24) is 15.1 Å². The number of morpholine rings is 1. The molecule has 0 saturated carbocycles. The number of aromatic nitrogens is 2. The number of halogens is 1. The first-order valence-corrected chi connectivity index (χ1v) is 6.03. The minimum absolute atomic E-state index is 0.430.